The predicted molar refractivity (Wildman–Crippen MR) is 90.7 cm³/mol. The Kier molecular flexibility index (Phi) is 4.43. The molecule has 0 fully saturated rings. The summed E-state index contributed by atoms with van der Waals surface area (Å²) in [6, 6.07) is 6.91. The Morgan fingerprint density at radius 2 is 1.90 bits per heavy atom. The van der Waals surface area contributed by atoms with Crippen molar-refractivity contribution in [3.05, 3.63) is 29.6 Å². The molecule has 0 amide bonds. The van der Waals surface area contributed by atoms with Crippen LogP contribution in [-0.2, 0) is 0 Å². The van der Waals surface area contributed by atoms with Gasteiger partial charge in [-0.25, -0.2) is 4.98 Å². The maximum absolute atomic E-state index is 6.08. The Morgan fingerprint density at radius 3 is 2.43 bits per heavy atom. The molecule has 0 aliphatic rings. The minimum absolute atomic E-state index is 0.250. The van der Waals surface area contributed by atoms with E-state index in [1.807, 2.05) is 0 Å². The lowest BCUT2D eigenvalue weighted by molar-refractivity contribution is 0.329. The Bertz CT molecular complexity index is 617. The average molecular weight is 287 g/mol. The Hall–Kier alpha value is -1.35. The molecule has 3 nitrogen and oxygen atoms in total. The van der Waals surface area contributed by atoms with Gasteiger partial charge in [0.05, 0.1) is 11.0 Å². The molecule has 0 saturated heterocycles. The molecule has 2 aromatic rings. The third-order valence-corrected chi connectivity index (χ3v) is 3.90. The van der Waals surface area contributed by atoms with Gasteiger partial charge in [-0.3, -0.25) is 0 Å². The first kappa shape index (κ1) is 16.0. The molecule has 0 saturated carbocycles. The first-order chi connectivity index (χ1) is 9.73. The van der Waals surface area contributed by atoms with Crippen molar-refractivity contribution < 1.29 is 0 Å². The summed E-state index contributed by atoms with van der Waals surface area (Å²) in [6.07, 6.45) is 1.05. The van der Waals surface area contributed by atoms with Crippen LogP contribution < -0.4 is 5.73 Å². The number of imidazole rings is 1. The van der Waals surface area contributed by atoms with Gasteiger partial charge in [-0.05, 0) is 50.3 Å². The highest BCUT2D eigenvalue weighted by Gasteiger charge is 2.25. The molecule has 2 rings (SSSR count). The van der Waals surface area contributed by atoms with Crippen molar-refractivity contribution >= 4 is 11.0 Å². The van der Waals surface area contributed by atoms with Crippen LogP contribution in [0, 0.1) is 12.3 Å². The topological polar surface area (TPSA) is 43.8 Å². The Balaban J connectivity index is 2.58. The van der Waals surface area contributed by atoms with E-state index in [0.29, 0.717) is 18.5 Å². The summed E-state index contributed by atoms with van der Waals surface area (Å²) in [5.41, 5.74) is 9.89. The zero-order chi connectivity index (χ0) is 15.8. The van der Waals surface area contributed by atoms with E-state index in [9.17, 15) is 0 Å². The van der Waals surface area contributed by atoms with Gasteiger partial charge in [-0.1, -0.05) is 26.8 Å². The molecule has 3 heteroatoms. The molecule has 2 N–H and O–H groups in total. The third-order valence-electron chi connectivity index (χ3n) is 3.90. The number of nitrogens with zero attached hydrogens (tertiary/aromatic N) is 2. The van der Waals surface area contributed by atoms with Gasteiger partial charge in [0.25, 0.3) is 0 Å². The molecule has 0 spiro atoms. The number of hydrogen-bond donors (Lipinski definition) is 1. The second-order valence-electron chi connectivity index (χ2n) is 7.62. The van der Waals surface area contributed by atoms with Gasteiger partial charge in [0.15, 0.2) is 0 Å². The van der Waals surface area contributed by atoms with E-state index in [-0.39, 0.29) is 5.41 Å². The van der Waals surface area contributed by atoms with Gasteiger partial charge < -0.3 is 10.3 Å². The number of rotatable bonds is 4. The fraction of sp³-hybridized carbons (Fsp3) is 0.611. The van der Waals surface area contributed by atoms with Gasteiger partial charge in [0, 0.05) is 18.5 Å². The monoisotopic (exact) mass is 287 g/mol. The fourth-order valence-electron chi connectivity index (χ4n) is 3.08. The zero-order valence-corrected chi connectivity index (χ0v) is 14.3. The van der Waals surface area contributed by atoms with Crippen molar-refractivity contribution in [1.82, 2.24) is 9.55 Å². The van der Waals surface area contributed by atoms with Crippen molar-refractivity contribution in [2.45, 2.75) is 59.9 Å². The molecule has 1 aromatic heterocycles. The highest BCUT2D eigenvalue weighted by Crippen LogP contribution is 2.33. The lowest BCUT2D eigenvalue weighted by Gasteiger charge is -2.26. The van der Waals surface area contributed by atoms with Gasteiger partial charge >= 0.3 is 0 Å². The van der Waals surface area contributed by atoms with E-state index in [4.69, 9.17) is 10.7 Å². The van der Waals surface area contributed by atoms with E-state index < -0.39 is 0 Å². The lowest BCUT2D eigenvalue weighted by atomic mass is 9.84. The first-order valence-electron chi connectivity index (χ1n) is 7.91. The molecule has 1 aromatic carbocycles. The highest BCUT2D eigenvalue weighted by molar-refractivity contribution is 5.77. The minimum atomic E-state index is 0.250. The van der Waals surface area contributed by atoms with Crippen molar-refractivity contribution in [3.8, 4) is 0 Å². The second kappa shape index (κ2) is 5.80. The summed E-state index contributed by atoms with van der Waals surface area (Å²) >= 11 is 0. The molecule has 0 aliphatic carbocycles. The SMILES string of the molecule is Cc1ccc2c(c1)nc(C(CN)CC(C)(C)C)n2C(C)C. The average Bonchev–Trinajstić information content (AvgIpc) is 2.72. The maximum Gasteiger partial charge on any atom is 0.114 e. The van der Waals surface area contributed by atoms with E-state index in [1.165, 1.54) is 11.1 Å². The number of hydrogen-bond acceptors (Lipinski definition) is 2. The molecule has 21 heavy (non-hydrogen) atoms. The number of nitrogens with two attached hydrogens (primary N) is 1. The molecular formula is C18H29N3. The van der Waals surface area contributed by atoms with Crippen LogP contribution in [0.25, 0.3) is 11.0 Å². The van der Waals surface area contributed by atoms with Crippen LogP contribution in [0.3, 0.4) is 0 Å². The largest absolute Gasteiger partial charge is 0.330 e. The van der Waals surface area contributed by atoms with Crippen molar-refractivity contribution in [2.75, 3.05) is 6.54 Å². The van der Waals surface area contributed by atoms with Crippen LogP contribution in [0.1, 0.15) is 64.4 Å². The third kappa shape index (κ3) is 3.46. The highest BCUT2D eigenvalue weighted by atomic mass is 15.1. The first-order valence-corrected chi connectivity index (χ1v) is 7.91. The van der Waals surface area contributed by atoms with E-state index in [1.54, 1.807) is 0 Å². The van der Waals surface area contributed by atoms with Crippen LogP contribution in [0.15, 0.2) is 18.2 Å². The van der Waals surface area contributed by atoms with Crippen molar-refractivity contribution in [1.29, 1.82) is 0 Å². The second-order valence-corrected chi connectivity index (χ2v) is 7.62. The van der Waals surface area contributed by atoms with Crippen LogP contribution >= 0.6 is 0 Å². The number of fused-ring (bicyclic) bond motifs is 1. The molecule has 1 heterocycles. The molecule has 116 valence electrons. The molecule has 0 radical (unpaired) electrons. The minimum Gasteiger partial charge on any atom is -0.330 e. The summed E-state index contributed by atoms with van der Waals surface area (Å²) in [7, 11) is 0. The molecular weight excluding hydrogens is 258 g/mol. The van der Waals surface area contributed by atoms with E-state index in [0.717, 1.165) is 17.8 Å². The quantitative estimate of drug-likeness (QED) is 0.905. The number of aromatic nitrogens is 2. The summed E-state index contributed by atoms with van der Waals surface area (Å²) in [5.74, 6) is 1.45. The van der Waals surface area contributed by atoms with E-state index >= 15 is 0 Å². The van der Waals surface area contributed by atoms with Gasteiger partial charge in [0.1, 0.15) is 5.82 Å². The lowest BCUT2D eigenvalue weighted by Crippen LogP contribution is -2.23. The van der Waals surface area contributed by atoms with Crippen LogP contribution in [0.5, 0.6) is 0 Å². The Labute approximate surface area is 128 Å². The van der Waals surface area contributed by atoms with E-state index in [2.05, 4.69) is 64.3 Å². The summed E-state index contributed by atoms with van der Waals surface area (Å²) in [4.78, 5) is 4.93. The van der Waals surface area contributed by atoms with Gasteiger partial charge in [-0.2, -0.15) is 0 Å². The maximum atomic E-state index is 6.08. The zero-order valence-electron chi connectivity index (χ0n) is 14.3. The van der Waals surface area contributed by atoms with Gasteiger partial charge in [0.2, 0.25) is 0 Å². The summed E-state index contributed by atoms with van der Waals surface area (Å²) < 4.78 is 2.36. The van der Waals surface area contributed by atoms with Crippen LogP contribution in [0.4, 0.5) is 0 Å². The molecule has 0 bridgehead atoms. The fourth-order valence-corrected chi connectivity index (χ4v) is 3.08. The normalized spacial score (nSPS) is 14.1. The molecule has 0 aliphatic heterocycles. The summed E-state index contributed by atoms with van der Waals surface area (Å²) in [5, 5.41) is 0. The van der Waals surface area contributed by atoms with Crippen LogP contribution in [-0.4, -0.2) is 16.1 Å². The number of benzene rings is 1. The Morgan fingerprint density at radius 1 is 1.24 bits per heavy atom. The molecule has 1 unspecified atom stereocenters. The smallest absolute Gasteiger partial charge is 0.114 e. The predicted octanol–water partition coefficient (Wildman–Crippen LogP) is 4.40. The van der Waals surface area contributed by atoms with Gasteiger partial charge in [-0.15, -0.1) is 0 Å². The molecule has 1 atom stereocenters. The summed E-state index contributed by atoms with van der Waals surface area (Å²) in [6.45, 7) is 14.0. The van der Waals surface area contributed by atoms with Crippen molar-refractivity contribution in [3.63, 3.8) is 0 Å². The van der Waals surface area contributed by atoms with Crippen LogP contribution in [0.2, 0.25) is 0 Å². The standard InChI is InChI=1S/C18H29N3/c1-12(2)21-16-8-7-13(3)9-15(16)20-17(21)14(11-19)10-18(4,5)6/h7-9,12,14H,10-11,19H2,1-6H3. The van der Waals surface area contributed by atoms with Crippen molar-refractivity contribution in [2.24, 2.45) is 11.1 Å². The number of aryl methyl sites for hydroxylation is 1.